The van der Waals surface area contributed by atoms with Crippen LogP contribution in [0.25, 0.3) is 5.69 Å². The maximum absolute atomic E-state index is 14.7. The smallest absolute Gasteiger partial charge is 0.410 e. The second kappa shape index (κ2) is 10.2. The molecule has 2 fully saturated rings. The van der Waals surface area contributed by atoms with E-state index in [2.05, 4.69) is 10.1 Å². The van der Waals surface area contributed by atoms with Gasteiger partial charge in [-0.15, -0.1) is 0 Å². The van der Waals surface area contributed by atoms with Gasteiger partial charge in [-0.3, -0.25) is 0 Å². The first kappa shape index (κ1) is 23.0. The topological polar surface area (TPSA) is 72.2 Å². The van der Waals surface area contributed by atoms with Gasteiger partial charge in [0, 0.05) is 76.4 Å². The summed E-state index contributed by atoms with van der Waals surface area (Å²) in [6, 6.07) is 2.43. The van der Waals surface area contributed by atoms with Crippen molar-refractivity contribution in [3.63, 3.8) is 0 Å². The van der Waals surface area contributed by atoms with Crippen molar-refractivity contribution in [2.24, 2.45) is 5.16 Å². The fourth-order valence-corrected chi connectivity index (χ4v) is 4.03. The SMILES string of the molecule is CC(C)OC(=O)N1CCC(ON=C2CCN(c3cc(F)c(-n4ccnc4)cc3F)CC2)CC1. The summed E-state index contributed by atoms with van der Waals surface area (Å²) in [4.78, 5) is 25.1. The summed E-state index contributed by atoms with van der Waals surface area (Å²) in [5, 5.41) is 4.32. The highest BCUT2D eigenvalue weighted by Gasteiger charge is 2.26. The number of carbonyl (C=O) groups is 1. The minimum atomic E-state index is -0.504. The van der Waals surface area contributed by atoms with E-state index in [1.165, 1.54) is 29.2 Å². The maximum atomic E-state index is 14.7. The average Bonchev–Trinajstić information content (AvgIpc) is 3.34. The van der Waals surface area contributed by atoms with Gasteiger partial charge < -0.3 is 23.9 Å². The van der Waals surface area contributed by atoms with E-state index in [4.69, 9.17) is 9.57 Å². The van der Waals surface area contributed by atoms with E-state index in [9.17, 15) is 13.6 Å². The molecule has 0 radical (unpaired) electrons. The molecule has 0 atom stereocenters. The molecule has 2 aromatic rings. The van der Waals surface area contributed by atoms with E-state index in [1.807, 2.05) is 18.7 Å². The Balaban J connectivity index is 1.27. The first-order valence-corrected chi connectivity index (χ1v) is 11.3. The number of aromatic nitrogens is 2. The number of benzene rings is 1. The Morgan fingerprint density at radius 1 is 1.09 bits per heavy atom. The predicted molar refractivity (Wildman–Crippen MR) is 120 cm³/mol. The molecule has 2 aliphatic rings. The Morgan fingerprint density at radius 2 is 1.76 bits per heavy atom. The number of hydrogen-bond donors (Lipinski definition) is 0. The summed E-state index contributed by atoms with van der Waals surface area (Å²) in [5.74, 6) is -0.977. The standard InChI is InChI=1S/C23H29F2N5O3/c1-16(2)32-23(31)29-10-5-18(6-11-29)33-27-17-3-8-28(9-4-17)21-13-20(25)22(14-19(21)24)30-12-7-26-15-30/h7,12-16,18H,3-6,8-11H2,1-2H3. The zero-order valence-corrected chi connectivity index (χ0v) is 18.9. The van der Waals surface area contributed by atoms with Crippen LogP contribution in [0.1, 0.15) is 39.5 Å². The molecule has 0 unspecified atom stereocenters. The Labute approximate surface area is 191 Å². The van der Waals surface area contributed by atoms with E-state index >= 15 is 0 Å². The van der Waals surface area contributed by atoms with Crippen molar-refractivity contribution >= 4 is 17.5 Å². The molecular weight excluding hydrogens is 432 g/mol. The van der Waals surface area contributed by atoms with Gasteiger partial charge in [0.2, 0.25) is 0 Å². The molecule has 2 aliphatic heterocycles. The van der Waals surface area contributed by atoms with Crippen LogP contribution in [0.2, 0.25) is 0 Å². The van der Waals surface area contributed by atoms with Gasteiger partial charge in [0.1, 0.15) is 17.7 Å². The molecule has 33 heavy (non-hydrogen) atoms. The summed E-state index contributed by atoms with van der Waals surface area (Å²) >= 11 is 0. The third kappa shape index (κ3) is 5.61. The van der Waals surface area contributed by atoms with Crippen LogP contribution in [0.5, 0.6) is 0 Å². The molecule has 3 heterocycles. The number of likely N-dealkylation sites (tertiary alicyclic amines) is 1. The van der Waals surface area contributed by atoms with Crippen LogP contribution in [0.3, 0.4) is 0 Å². The zero-order valence-electron chi connectivity index (χ0n) is 18.9. The monoisotopic (exact) mass is 461 g/mol. The molecule has 1 amide bonds. The van der Waals surface area contributed by atoms with Crippen LogP contribution < -0.4 is 4.90 Å². The Bertz CT molecular complexity index is 978. The molecule has 0 N–H and O–H groups in total. The van der Waals surface area contributed by atoms with Crippen molar-refractivity contribution in [2.45, 2.75) is 51.7 Å². The van der Waals surface area contributed by atoms with Crippen LogP contribution in [0.15, 0.2) is 36.0 Å². The van der Waals surface area contributed by atoms with Crippen LogP contribution in [0, 0.1) is 11.6 Å². The Morgan fingerprint density at radius 3 is 2.39 bits per heavy atom. The summed E-state index contributed by atoms with van der Waals surface area (Å²) in [5.41, 5.74) is 1.28. The zero-order chi connectivity index (χ0) is 23.4. The van der Waals surface area contributed by atoms with Crippen molar-refractivity contribution in [3.8, 4) is 5.69 Å². The number of oxime groups is 1. The number of carbonyl (C=O) groups excluding carboxylic acids is 1. The van der Waals surface area contributed by atoms with Gasteiger partial charge in [-0.25, -0.2) is 18.6 Å². The second-order valence-electron chi connectivity index (χ2n) is 8.59. The number of amides is 1. The fraction of sp³-hybridized carbons (Fsp3) is 0.522. The molecule has 8 nitrogen and oxygen atoms in total. The van der Waals surface area contributed by atoms with Crippen molar-refractivity contribution in [2.75, 3.05) is 31.1 Å². The highest BCUT2D eigenvalue weighted by atomic mass is 19.1. The summed E-state index contributed by atoms with van der Waals surface area (Å²) in [7, 11) is 0. The van der Waals surface area contributed by atoms with Gasteiger partial charge in [-0.2, -0.15) is 0 Å². The van der Waals surface area contributed by atoms with Crippen molar-refractivity contribution < 1.29 is 23.1 Å². The summed E-state index contributed by atoms with van der Waals surface area (Å²) in [6.45, 7) is 5.88. The molecule has 1 aromatic carbocycles. The fourth-order valence-electron chi connectivity index (χ4n) is 4.03. The number of ether oxygens (including phenoxy) is 1. The number of rotatable bonds is 5. The van der Waals surface area contributed by atoms with Crippen LogP contribution >= 0.6 is 0 Å². The molecule has 4 rings (SSSR count). The Hall–Kier alpha value is -3.17. The van der Waals surface area contributed by atoms with Gasteiger partial charge in [-0.05, 0) is 13.8 Å². The van der Waals surface area contributed by atoms with Gasteiger partial charge >= 0.3 is 6.09 Å². The number of nitrogens with zero attached hydrogens (tertiary/aromatic N) is 5. The van der Waals surface area contributed by atoms with E-state index in [0.717, 1.165) is 5.71 Å². The number of imidazole rings is 1. The molecule has 0 aliphatic carbocycles. The lowest BCUT2D eigenvalue weighted by Crippen LogP contribution is -2.41. The third-order valence-electron chi connectivity index (χ3n) is 5.85. The molecule has 2 saturated heterocycles. The van der Waals surface area contributed by atoms with Gasteiger partial charge in [0.25, 0.3) is 0 Å². The highest BCUT2D eigenvalue weighted by Crippen LogP contribution is 2.27. The lowest BCUT2D eigenvalue weighted by Gasteiger charge is -2.32. The number of hydrogen-bond acceptors (Lipinski definition) is 6. The largest absolute Gasteiger partial charge is 0.447 e. The van der Waals surface area contributed by atoms with E-state index < -0.39 is 11.6 Å². The summed E-state index contributed by atoms with van der Waals surface area (Å²) in [6.07, 6.45) is 6.68. The third-order valence-corrected chi connectivity index (χ3v) is 5.85. The molecule has 10 heteroatoms. The molecular formula is C23H29F2N5O3. The van der Waals surface area contributed by atoms with E-state index in [-0.39, 0.29) is 29.7 Å². The van der Waals surface area contributed by atoms with Crippen molar-refractivity contribution in [1.29, 1.82) is 0 Å². The normalized spacial score (nSPS) is 17.4. The van der Waals surface area contributed by atoms with E-state index in [1.54, 1.807) is 11.1 Å². The molecule has 178 valence electrons. The highest BCUT2D eigenvalue weighted by molar-refractivity contribution is 5.86. The maximum Gasteiger partial charge on any atom is 0.410 e. The molecule has 1 aromatic heterocycles. The van der Waals surface area contributed by atoms with Crippen molar-refractivity contribution in [3.05, 3.63) is 42.5 Å². The lowest BCUT2D eigenvalue weighted by atomic mass is 10.1. The van der Waals surface area contributed by atoms with Gasteiger partial charge in [-0.1, -0.05) is 5.16 Å². The minimum Gasteiger partial charge on any atom is -0.447 e. The molecule has 0 saturated carbocycles. The lowest BCUT2D eigenvalue weighted by molar-refractivity contribution is 0.00415. The van der Waals surface area contributed by atoms with Crippen LogP contribution in [0.4, 0.5) is 19.3 Å². The first-order chi connectivity index (χ1) is 15.9. The number of piperidine rings is 2. The quantitative estimate of drug-likeness (QED) is 0.626. The average molecular weight is 462 g/mol. The molecule has 0 bridgehead atoms. The van der Waals surface area contributed by atoms with Crippen LogP contribution in [-0.4, -0.2) is 64.6 Å². The van der Waals surface area contributed by atoms with Crippen molar-refractivity contribution in [1.82, 2.24) is 14.5 Å². The predicted octanol–water partition coefficient (Wildman–Crippen LogP) is 4.13. The van der Waals surface area contributed by atoms with Crippen LogP contribution in [-0.2, 0) is 9.57 Å². The Kier molecular flexibility index (Phi) is 7.10. The van der Waals surface area contributed by atoms with Gasteiger partial charge in [0.15, 0.2) is 0 Å². The number of anilines is 1. The first-order valence-electron chi connectivity index (χ1n) is 11.3. The second-order valence-corrected chi connectivity index (χ2v) is 8.59. The minimum absolute atomic E-state index is 0.0408. The van der Waals surface area contributed by atoms with E-state index in [0.29, 0.717) is 51.9 Å². The molecule has 0 spiro atoms. The van der Waals surface area contributed by atoms with Gasteiger partial charge in [0.05, 0.1) is 29.5 Å². The number of halogens is 2. The summed E-state index contributed by atoms with van der Waals surface area (Å²) < 4.78 is 36.0.